The second-order valence-corrected chi connectivity index (χ2v) is 8.68. The number of aromatic nitrogens is 2. The molecule has 2 aromatic carbocycles. The highest BCUT2D eigenvalue weighted by atomic mass is 32.2. The molecule has 1 N–H and O–H groups in total. The number of hydrogen-bond donors (Lipinski definition) is 1. The van der Waals surface area contributed by atoms with Crippen LogP contribution >= 0.6 is 23.1 Å². The van der Waals surface area contributed by atoms with Gasteiger partial charge in [0.05, 0.1) is 16.8 Å². The van der Waals surface area contributed by atoms with Gasteiger partial charge in [-0.1, -0.05) is 67.2 Å². The van der Waals surface area contributed by atoms with Crippen molar-refractivity contribution in [3.63, 3.8) is 0 Å². The molecule has 0 saturated carbocycles. The molecule has 0 atom stereocenters. The molecule has 0 aliphatic carbocycles. The highest BCUT2D eigenvalue weighted by molar-refractivity contribution is 7.99. The molecule has 0 aliphatic heterocycles. The first-order valence-corrected chi connectivity index (χ1v) is 11.5. The lowest BCUT2D eigenvalue weighted by Gasteiger charge is -2.11. The second kappa shape index (κ2) is 9.28. The Morgan fingerprint density at radius 1 is 1.10 bits per heavy atom. The fourth-order valence-corrected chi connectivity index (χ4v) is 4.97. The third-order valence-electron chi connectivity index (χ3n) is 4.51. The molecule has 4 aromatic rings. The highest BCUT2D eigenvalue weighted by Crippen LogP contribution is 2.32. The maximum atomic E-state index is 13.4. The van der Waals surface area contributed by atoms with Crippen LogP contribution in [0.1, 0.15) is 13.3 Å². The number of thiophene rings is 1. The molecule has 1 amide bonds. The molecule has 0 radical (unpaired) electrons. The van der Waals surface area contributed by atoms with Crippen molar-refractivity contribution in [1.29, 1.82) is 0 Å². The third kappa shape index (κ3) is 4.32. The summed E-state index contributed by atoms with van der Waals surface area (Å²) >= 11 is 2.77. The zero-order valence-electron chi connectivity index (χ0n) is 16.5. The van der Waals surface area contributed by atoms with Gasteiger partial charge in [-0.15, -0.1) is 11.3 Å². The van der Waals surface area contributed by atoms with Gasteiger partial charge in [0.1, 0.15) is 4.83 Å². The predicted octanol–water partition coefficient (Wildman–Crippen LogP) is 4.73. The van der Waals surface area contributed by atoms with E-state index < -0.39 is 0 Å². The lowest BCUT2D eigenvalue weighted by Crippen LogP contribution is -2.27. The molecule has 4 rings (SSSR count). The largest absolute Gasteiger partial charge is 0.355 e. The van der Waals surface area contributed by atoms with Crippen LogP contribution < -0.4 is 10.9 Å². The maximum absolute atomic E-state index is 13.4. The van der Waals surface area contributed by atoms with Gasteiger partial charge in [0.2, 0.25) is 5.91 Å². The van der Waals surface area contributed by atoms with Crippen LogP contribution in [0.2, 0.25) is 0 Å². The summed E-state index contributed by atoms with van der Waals surface area (Å²) in [6.45, 7) is 2.65. The van der Waals surface area contributed by atoms with E-state index in [9.17, 15) is 9.59 Å². The number of carbonyl (C=O) groups excluding carboxylic acids is 1. The van der Waals surface area contributed by atoms with Crippen molar-refractivity contribution in [2.45, 2.75) is 18.5 Å². The molecule has 0 fully saturated rings. The Labute approximate surface area is 182 Å². The van der Waals surface area contributed by atoms with Gasteiger partial charge in [0.15, 0.2) is 5.16 Å². The van der Waals surface area contributed by atoms with Crippen LogP contribution in [-0.2, 0) is 4.79 Å². The van der Waals surface area contributed by atoms with Crippen LogP contribution in [-0.4, -0.2) is 27.8 Å². The molecule has 0 unspecified atom stereocenters. The van der Waals surface area contributed by atoms with Crippen molar-refractivity contribution < 1.29 is 4.79 Å². The van der Waals surface area contributed by atoms with Crippen LogP contribution in [0.25, 0.3) is 26.3 Å². The zero-order chi connectivity index (χ0) is 20.9. The van der Waals surface area contributed by atoms with Gasteiger partial charge in [0.25, 0.3) is 5.56 Å². The van der Waals surface area contributed by atoms with Gasteiger partial charge >= 0.3 is 0 Å². The number of rotatable bonds is 7. The number of thioether (sulfide) groups is 1. The predicted molar refractivity (Wildman–Crippen MR) is 125 cm³/mol. The first-order valence-electron chi connectivity index (χ1n) is 9.74. The molecule has 2 aromatic heterocycles. The second-order valence-electron chi connectivity index (χ2n) is 6.70. The first-order chi connectivity index (χ1) is 14.7. The van der Waals surface area contributed by atoms with Crippen molar-refractivity contribution >= 4 is 39.2 Å². The molecule has 0 aliphatic rings. The molecule has 5 nitrogen and oxygen atoms in total. The van der Waals surface area contributed by atoms with Crippen molar-refractivity contribution in [1.82, 2.24) is 14.9 Å². The number of carbonyl (C=O) groups is 1. The summed E-state index contributed by atoms with van der Waals surface area (Å²) in [6.07, 6.45) is 0.882. The van der Waals surface area contributed by atoms with Gasteiger partial charge < -0.3 is 5.32 Å². The van der Waals surface area contributed by atoms with Crippen LogP contribution in [0, 0.1) is 0 Å². The van der Waals surface area contributed by atoms with Crippen LogP contribution in [0.15, 0.2) is 76.7 Å². The Balaban J connectivity index is 1.79. The van der Waals surface area contributed by atoms with E-state index >= 15 is 0 Å². The molecule has 152 valence electrons. The summed E-state index contributed by atoms with van der Waals surface area (Å²) in [5.74, 6) is 0.147. The zero-order valence-corrected chi connectivity index (χ0v) is 18.1. The number of nitrogens with one attached hydrogen (secondary N) is 1. The standard InChI is InChI=1S/C23H21N3O2S2/c1-2-13-24-20(27)15-29-23-25-21-18(14-19(30-21)16-9-5-3-6-10-16)22(28)26(23)17-11-7-4-8-12-17/h3-12,14H,2,13,15H2,1H3,(H,24,27). The quantitative estimate of drug-likeness (QED) is 0.337. The minimum Gasteiger partial charge on any atom is -0.355 e. The normalized spacial score (nSPS) is 11.0. The Morgan fingerprint density at radius 3 is 2.50 bits per heavy atom. The Bertz CT molecular complexity index is 1220. The van der Waals surface area contributed by atoms with E-state index in [-0.39, 0.29) is 17.2 Å². The smallest absolute Gasteiger partial charge is 0.267 e. The fraction of sp³-hybridized carbons (Fsp3) is 0.174. The van der Waals surface area contributed by atoms with Gasteiger partial charge in [-0.3, -0.25) is 14.2 Å². The summed E-state index contributed by atoms with van der Waals surface area (Å²) < 4.78 is 1.60. The highest BCUT2D eigenvalue weighted by Gasteiger charge is 2.17. The minimum absolute atomic E-state index is 0.0630. The molecule has 2 heterocycles. The summed E-state index contributed by atoms with van der Waals surface area (Å²) in [7, 11) is 0. The molecule has 30 heavy (non-hydrogen) atoms. The van der Waals surface area contributed by atoms with Crippen molar-refractivity contribution in [2.24, 2.45) is 0 Å². The van der Waals surface area contributed by atoms with E-state index in [1.54, 1.807) is 4.57 Å². The van der Waals surface area contributed by atoms with Crippen LogP contribution in [0.3, 0.4) is 0 Å². The third-order valence-corrected chi connectivity index (χ3v) is 6.53. The molecule has 7 heteroatoms. The lowest BCUT2D eigenvalue weighted by atomic mass is 10.2. The van der Waals surface area contributed by atoms with Gasteiger partial charge in [-0.05, 0) is 30.2 Å². The van der Waals surface area contributed by atoms with Crippen molar-refractivity contribution in [3.8, 4) is 16.1 Å². The van der Waals surface area contributed by atoms with Crippen LogP contribution in [0.5, 0.6) is 0 Å². The van der Waals surface area contributed by atoms with Gasteiger partial charge in [0, 0.05) is 11.4 Å². The maximum Gasteiger partial charge on any atom is 0.267 e. The van der Waals surface area contributed by atoms with Crippen molar-refractivity contribution in [3.05, 3.63) is 77.1 Å². The lowest BCUT2D eigenvalue weighted by molar-refractivity contribution is -0.118. The molecule has 0 saturated heterocycles. The first kappa shape index (κ1) is 20.4. The summed E-state index contributed by atoms with van der Waals surface area (Å²) in [4.78, 5) is 32.0. The molecular weight excluding hydrogens is 414 g/mol. The minimum atomic E-state index is -0.124. The monoisotopic (exact) mass is 435 g/mol. The Kier molecular flexibility index (Phi) is 6.30. The Morgan fingerprint density at radius 2 is 1.80 bits per heavy atom. The number of para-hydroxylation sites is 1. The average Bonchev–Trinajstić information content (AvgIpc) is 3.22. The number of nitrogens with zero attached hydrogens (tertiary/aromatic N) is 2. The number of amides is 1. The average molecular weight is 436 g/mol. The molecule has 0 bridgehead atoms. The topological polar surface area (TPSA) is 64.0 Å². The molecular formula is C23H21N3O2S2. The van der Waals surface area contributed by atoms with Crippen molar-refractivity contribution in [2.75, 3.05) is 12.3 Å². The Hall–Kier alpha value is -2.90. The van der Waals surface area contributed by atoms with Gasteiger partial charge in [-0.2, -0.15) is 0 Å². The van der Waals surface area contributed by atoms with E-state index in [2.05, 4.69) is 5.32 Å². The summed E-state index contributed by atoms with van der Waals surface area (Å²) in [5.41, 5.74) is 1.67. The molecule has 0 spiro atoms. The van der Waals surface area contributed by atoms with E-state index in [1.165, 1.54) is 23.1 Å². The summed E-state index contributed by atoms with van der Waals surface area (Å²) in [5, 5.41) is 3.97. The van der Waals surface area contributed by atoms with E-state index in [0.717, 1.165) is 22.5 Å². The SMILES string of the molecule is CCCNC(=O)CSc1nc2sc(-c3ccccc3)cc2c(=O)n1-c1ccccc1. The van der Waals surface area contributed by atoms with E-state index in [4.69, 9.17) is 4.98 Å². The van der Waals surface area contributed by atoms with E-state index in [1.807, 2.05) is 73.7 Å². The number of fused-ring (bicyclic) bond motifs is 1. The fourth-order valence-electron chi connectivity index (χ4n) is 3.05. The number of benzene rings is 2. The van der Waals surface area contributed by atoms with Crippen LogP contribution in [0.4, 0.5) is 0 Å². The number of hydrogen-bond acceptors (Lipinski definition) is 5. The van der Waals surface area contributed by atoms with Gasteiger partial charge in [-0.25, -0.2) is 4.98 Å². The van der Waals surface area contributed by atoms with E-state index in [0.29, 0.717) is 21.9 Å². The summed E-state index contributed by atoms with van der Waals surface area (Å²) in [6, 6.07) is 21.3.